The van der Waals surface area contributed by atoms with Gasteiger partial charge in [-0.05, 0) is 5.56 Å². The molecule has 126 valence electrons. The number of rotatable bonds is 4. The highest BCUT2D eigenvalue weighted by Crippen LogP contribution is 2.33. The van der Waals surface area contributed by atoms with Crippen LogP contribution in [0.4, 0.5) is 18.0 Å². The van der Waals surface area contributed by atoms with Crippen molar-refractivity contribution < 1.29 is 22.7 Å². The molecule has 2 aliphatic heterocycles. The average Bonchev–Trinajstić information content (AvgIpc) is 2.82. The van der Waals surface area contributed by atoms with E-state index in [9.17, 15) is 18.0 Å². The summed E-state index contributed by atoms with van der Waals surface area (Å²) in [6.45, 7) is 1.44. The number of benzene rings is 1. The molecular weight excluding hydrogens is 309 g/mol. The van der Waals surface area contributed by atoms with Crippen molar-refractivity contribution in [3.63, 3.8) is 0 Å². The molecule has 0 bridgehead atoms. The number of carbonyl (C=O) groups is 1. The fourth-order valence-electron chi connectivity index (χ4n) is 3.40. The first-order valence-corrected chi connectivity index (χ1v) is 7.65. The summed E-state index contributed by atoms with van der Waals surface area (Å²) in [5.41, 5.74) is 0.482. The number of nitrogens with zero attached hydrogens (tertiary/aromatic N) is 2. The highest BCUT2D eigenvalue weighted by Gasteiger charge is 2.50. The maximum Gasteiger partial charge on any atom is 0.410 e. The lowest BCUT2D eigenvalue weighted by atomic mass is 9.88. The molecule has 1 amide bonds. The van der Waals surface area contributed by atoms with Gasteiger partial charge in [0.15, 0.2) is 0 Å². The third-order valence-corrected chi connectivity index (χ3v) is 4.50. The van der Waals surface area contributed by atoms with E-state index in [0.29, 0.717) is 26.1 Å². The standard InChI is InChI=1S/C16H19F3N2O2/c17-16(18,19)6-7-20-8-9-21-14(22)23-12-15(21,11-20)10-13-4-2-1-3-5-13/h1-5H,6-12H2. The van der Waals surface area contributed by atoms with E-state index in [1.165, 1.54) is 0 Å². The molecule has 0 aliphatic carbocycles. The molecule has 0 radical (unpaired) electrons. The van der Waals surface area contributed by atoms with E-state index < -0.39 is 18.1 Å². The first-order valence-electron chi connectivity index (χ1n) is 7.65. The minimum atomic E-state index is -4.16. The van der Waals surface area contributed by atoms with Crippen molar-refractivity contribution in [1.29, 1.82) is 0 Å². The van der Waals surface area contributed by atoms with Gasteiger partial charge in [-0.15, -0.1) is 0 Å². The fourth-order valence-corrected chi connectivity index (χ4v) is 3.40. The predicted octanol–water partition coefficient (Wildman–Crippen LogP) is 2.69. The van der Waals surface area contributed by atoms with Gasteiger partial charge in [-0.1, -0.05) is 30.3 Å². The molecule has 1 atom stereocenters. The van der Waals surface area contributed by atoms with E-state index in [2.05, 4.69) is 0 Å². The van der Waals surface area contributed by atoms with E-state index in [4.69, 9.17) is 4.74 Å². The van der Waals surface area contributed by atoms with E-state index >= 15 is 0 Å². The van der Waals surface area contributed by atoms with E-state index in [1.54, 1.807) is 9.80 Å². The van der Waals surface area contributed by atoms with Crippen molar-refractivity contribution in [1.82, 2.24) is 9.80 Å². The Kier molecular flexibility index (Phi) is 4.23. The zero-order chi connectivity index (χ0) is 16.5. The minimum Gasteiger partial charge on any atom is -0.447 e. The molecule has 0 spiro atoms. The van der Waals surface area contributed by atoms with Crippen molar-refractivity contribution in [3.8, 4) is 0 Å². The number of carbonyl (C=O) groups excluding carboxylic acids is 1. The normalized spacial score (nSPS) is 25.3. The molecule has 2 aliphatic rings. The van der Waals surface area contributed by atoms with Crippen molar-refractivity contribution >= 4 is 6.09 Å². The Morgan fingerprint density at radius 3 is 2.61 bits per heavy atom. The number of hydrogen-bond donors (Lipinski definition) is 0. The topological polar surface area (TPSA) is 32.8 Å². The summed E-state index contributed by atoms with van der Waals surface area (Å²) in [6.07, 6.45) is -4.77. The summed E-state index contributed by atoms with van der Waals surface area (Å²) in [7, 11) is 0. The van der Waals surface area contributed by atoms with Crippen LogP contribution in [0.15, 0.2) is 30.3 Å². The molecule has 2 fully saturated rings. The van der Waals surface area contributed by atoms with Gasteiger partial charge in [0.25, 0.3) is 0 Å². The third-order valence-electron chi connectivity index (χ3n) is 4.50. The number of piperazine rings is 1. The van der Waals surface area contributed by atoms with E-state index in [1.807, 2.05) is 30.3 Å². The van der Waals surface area contributed by atoms with Crippen LogP contribution in [0.2, 0.25) is 0 Å². The Balaban J connectivity index is 1.74. The number of halogens is 3. The van der Waals surface area contributed by atoms with E-state index in [0.717, 1.165) is 5.56 Å². The van der Waals surface area contributed by atoms with Gasteiger partial charge in [-0.25, -0.2) is 4.79 Å². The maximum absolute atomic E-state index is 12.5. The molecule has 7 heteroatoms. The molecule has 4 nitrogen and oxygen atoms in total. The number of alkyl halides is 3. The summed E-state index contributed by atoms with van der Waals surface area (Å²) in [5.74, 6) is 0. The van der Waals surface area contributed by atoms with E-state index in [-0.39, 0.29) is 19.2 Å². The van der Waals surface area contributed by atoms with Crippen LogP contribution in [0.3, 0.4) is 0 Å². The highest BCUT2D eigenvalue weighted by atomic mass is 19.4. The quantitative estimate of drug-likeness (QED) is 0.852. The van der Waals surface area contributed by atoms with Gasteiger partial charge in [0.05, 0.1) is 12.0 Å². The zero-order valence-corrected chi connectivity index (χ0v) is 12.7. The van der Waals surface area contributed by atoms with Crippen molar-refractivity contribution in [2.45, 2.75) is 24.6 Å². The Morgan fingerprint density at radius 2 is 1.91 bits per heavy atom. The van der Waals surface area contributed by atoms with Crippen LogP contribution in [0.25, 0.3) is 0 Å². The zero-order valence-electron chi connectivity index (χ0n) is 12.7. The van der Waals surface area contributed by atoms with Crippen LogP contribution in [0.1, 0.15) is 12.0 Å². The molecule has 0 aromatic heterocycles. The molecule has 1 aromatic rings. The maximum atomic E-state index is 12.5. The molecule has 3 rings (SSSR count). The molecule has 23 heavy (non-hydrogen) atoms. The largest absolute Gasteiger partial charge is 0.447 e. The molecule has 2 heterocycles. The monoisotopic (exact) mass is 328 g/mol. The molecule has 1 unspecified atom stereocenters. The summed E-state index contributed by atoms with van der Waals surface area (Å²) in [4.78, 5) is 15.4. The molecule has 0 saturated carbocycles. The van der Waals surface area contributed by atoms with Crippen LogP contribution in [-0.4, -0.2) is 60.4 Å². The lowest BCUT2D eigenvalue weighted by molar-refractivity contribution is -0.140. The van der Waals surface area contributed by atoms with Gasteiger partial charge in [-0.3, -0.25) is 9.80 Å². The number of cyclic esters (lactones) is 1. The summed E-state index contributed by atoms with van der Waals surface area (Å²) in [5, 5.41) is 0. The van der Waals surface area contributed by atoms with Gasteiger partial charge in [0.1, 0.15) is 6.61 Å². The Labute approximate surface area is 132 Å². The Hall–Kier alpha value is -1.76. The smallest absolute Gasteiger partial charge is 0.410 e. The first kappa shape index (κ1) is 16.1. The predicted molar refractivity (Wildman–Crippen MR) is 78.0 cm³/mol. The second-order valence-electron chi connectivity index (χ2n) is 6.23. The minimum absolute atomic E-state index is 0.0396. The number of hydrogen-bond acceptors (Lipinski definition) is 3. The van der Waals surface area contributed by atoms with Crippen molar-refractivity contribution in [2.75, 3.05) is 32.8 Å². The Morgan fingerprint density at radius 1 is 1.17 bits per heavy atom. The summed E-state index contributed by atoms with van der Waals surface area (Å²) >= 11 is 0. The molecular formula is C16H19F3N2O2. The van der Waals surface area contributed by atoms with Crippen LogP contribution in [0.5, 0.6) is 0 Å². The van der Waals surface area contributed by atoms with Gasteiger partial charge >= 0.3 is 12.3 Å². The van der Waals surface area contributed by atoms with Crippen molar-refractivity contribution in [2.24, 2.45) is 0 Å². The summed E-state index contributed by atoms with van der Waals surface area (Å²) < 4.78 is 42.6. The van der Waals surface area contributed by atoms with Gasteiger partial charge < -0.3 is 4.74 Å². The van der Waals surface area contributed by atoms with Gasteiger partial charge in [-0.2, -0.15) is 13.2 Å². The van der Waals surface area contributed by atoms with Crippen LogP contribution in [-0.2, 0) is 11.2 Å². The third kappa shape index (κ3) is 3.60. The molecule has 0 N–H and O–H groups in total. The second kappa shape index (κ2) is 6.03. The average molecular weight is 328 g/mol. The van der Waals surface area contributed by atoms with Crippen LogP contribution in [0, 0.1) is 0 Å². The SMILES string of the molecule is O=C1OCC2(Cc3ccccc3)CN(CCC(F)(F)F)CCN12. The first-order chi connectivity index (χ1) is 10.9. The molecule has 2 saturated heterocycles. The number of amides is 1. The van der Waals surface area contributed by atoms with Gasteiger partial charge in [0, 0.05) is 32.6 Å². The van der Waals surface area contributed by atoms with Crippen LogP contribution >= 0.6 is 0 Å². The summed E-state index contributed by atoms with van der Waals surface area (Å²) in [6, 6.07) is 9.66. The highest BCUT2D eigenvalue weighted by molar-refractivity contribution is 5.71. The second-order valence-corrected chi connectivity index (χ2v) is 6.23. The number of ether oxygens (including phenoxy) is 1. The lowest BCUT2D eigenvalue weighted by Gasteiger charge is -2.45. The van der Waals surface area contributed by atoms with Crippen LogP contribution < -0.4 is 0 Å². The number of fused-ring (bicyclic) bond motifs is 1. The molecule has 1 aromatic carbocycles. The lowest BCUT2D eigenvalue weighted by Crippen LogP contribution is -2.62. The Bertz CT molecular complexity index is 564. The fraction of sp³-hybridized carbons (Fsp3) is 0.562. The van der Waals surface area contributed by atoms with Gasteiger partial charge in [0.2, 0.25) is 0 Å². The van der Waals surface area contributed by atoms with Crippen molar-refractivity contribution in [3.05, 3.63) is 35.9 Å².